The smallest absolute Gasteiger partial charge is 0.149 e. The number of phenolic OH excluding ortho intramolecular Hbond substituents is 3. The maximum atomic E-state index is 9.77. The summed E-state index contributed by atoms with van der Waals surface area (Å²) in [6, 6.07) is 0. The lowest BCUT2D eigenvalue weighted by atomic mass is 10.1. The molecule has 1 unspecified atom stereocenters. The van der Waals surface area contributed by atoms with Crippen molar-refractivity contribution in [2.45, 2.75) is 13.0 Å². The molecule has 0 radical (unpaired) electrons. The highest BCUT2D eigenvalue weighted by Crippen LogP contribution is 2.46. The number of ether oxygens (including phenoxy) is 1. The molecule has 1 aromatic carbocycles. The summed E-state index contributed by atoms with van der Waals surface area (Å²) < 4.78 is 5.67. The monoisotopic (exact) mass is 436 g/mol. The lowest BCUT2D eigenvalue weighted by Crippen LogP contribution is -2.00. The van der Waals surface area contributed by atoms with E-state index in [1.165, 1.54) is 7.11 Å². The Balaban J connectivity index is 3.52. The molecule has 1 atom stereocenters. The molecule has 0 aliphatic rings. The van der Waals surface area contributed by atoms with Crippen molar-refractivity contribution in [3.05, 3.63) is 12.7 Å². The predicted molar refractivity (Wildman–Crippen MR) is 72.3 cm³/mol. The van der Waals surface area contributed by atoms with Gasteiger partial charge in [-0.25, -0.2) is 0 Å². The van der Waals surface area contributed by atoms with Crippen molar-refractivity contribution in [2.24, 2.45) is 0 Å². The third-order valence-electron chi connectivity index (χ3n) is 2.10. The van der Waals surface area contributed by atoms with Crippen LogP contribution in [-0.2, 0) is 4.74 Å². The first kappa shape index (κ1) is 13.1. The second kappa shape index (κ2) is 4.91. The number of hydrogen-bond donors (Lipinski definition) is 3. The summed E-state index contributed by atoms with van der Waals surface area (Å²) in [6.45, 7) is 1.71. The van der Waals surface area contributed by atoms with E-state index in [2.05, 4.69) is 0 Å². The minimum atomic E-state index is -0.437. The first-order valence-corrected chi connectivity index (χ1v) is 6.22. The van der Waals surface area contributed by atoms with Crippen LogP contribution in [0.2, 0.25) is 0 Å². The number of phenols is 3. The van der Waals surface area contributed by atoms with Gasteiger partial charge in [0.05, 0.1) is 18.8 Å². The van der Waals surface area contributed by atoms with Crippen LogP contribution < -0.4 is 0 Å². The average molecular weight is 436 g/mol. The Morgan fingerprint density at radius 2 is 1.40 bits per heavy atom. The average Bonchev–Trinajstić information content (AvgIpc) is 2.23. The van der Waals surface area contributed by atoms with Crippen LogP contribution in [0, 0.1) is 7.14 Å². The Bertz CT molecular complexity index is 363. The summed E-state index contributed by atoms with van der Waals surface area (Å²) in [7, 11) is 1.48. The molecule has 4 nitrogen and oxygen atoms in total. The number of methoxy groups -OCH3 is 1. The maximum absolute atomic E-state index is 9.77. The second-order valence-corrected chi connectivity index (χ2v) is 5.12. The first-order valence-electron chi connectivity index (χ1n) is 4.06. The number of halogens is 2. The van der Waals surface area contributed by atoms with Crippen LogP contribution in [-0.4, -0.2) is 22.4 Å². The van der Waals surface area contributed by atoms with Gasteiger partial charge in [0.2, 0.25) is 0 Å². The van der Waals surface area contributed by atoms with Crippen molar-refractivity contribution in [3.63, 3.8) is 0 Å². The van der Waals surface area contributed by atoms with E-state index in [-0.39, 0.29) is 17.2 Å². The second-order valence-electron chi connectivity index (χ2n) is 2.97. The van der Waals surface area contributed by atoms with E-state index in [0.717, 1.165) is 0 Å². The van der Waals surface area contributed by atoms with Gasteiger partial charge in [0.25, 0.3) is 0 Å². The van der Waals surface area contributed by atoms with Crippen LogP contribution in [0.3, 0.4) is 0 Å². The summed E-state index contributed by atoms with van der Waals surface area (Å²) in [6.07, 6.45) is -0.437. The van der Waals surface area contributed by atoms with E-state index in [4.69, 9.17) is 4.74 Å². The van der Waals surface area contributed by atoms with Gasteiger partial charge in [-0.3, -0.25) is 0 Å². The van der Waals surface area contributed by atoms with Crippen molar-refractivity contribution in [3.8, 4) is 17.2 Å². The molecule has 0 fully saturated rings. The summed E-state index contributed by atoms with van der Waals surface area (Å²) in [5.74, 6) is -0.390. The highest BCUT2D eigenvalue weighted by molar-refractivity contribution is 14.1. The molecule has 0 aliphatic heterocycles. The number of benzene rings is 1. The van der Waals surface area contributed by atoms with Gasteiger partial charge >= 0.3 is 0 Å². The fraction of sp³-hybridized carbons (Fsp3) is 0.333. The minimum Gasteiger partial charge on any atom is -0.506 e. The normalized spacial score (nSPS) is 12.8. The fourth-order valence-electron chi connectivity index (χ4n) is 1.17. The van der Waals surface area contributed by atoms with E-state index < -0.39 is 6.10 Å². The van der Waals surface area contributed by atoms with Gasteiger partial charge in [-0.2, -0.15) is 0 Å². The summed E-state index contributed by atoms with van der Waals surface area (Å²) in [4.78, 5) is 0. The van der Waals surface area contributed by atoms with Crippen LogP contribution >= 0.6 is 45.2 Å². The topological polar surface area (TPSA) is 69.9 Å². The Kier molecular flexibility index (Phi) is 4.29. The van der Waals surface area contributed by atoms with Crippen LogP contribution in [0.4, 0.5) is 0 Å². The Morgan fingerprint density at radius 3 is 1.73 bits per heavy atom. The predicted octanol–water partition coefficient (Wildman–Crippen LogP) is 2.72. The van der Waals surface area contributed by atoms with Gasteiger partial charge in [0, 0.05) is 7.11 Å². The molecule has 0 aromatic heterocycles. The zero-order valence-electron chi connectivity index (χ0n) is 8.08. The van der Waals surface area contributed by atoms with E-state index in [9.17, 15) is 15.3 Å². The minimum absolute atomic E-state index is 0.113. The van der Waals surface area contributed by atoms with Gasteiger partial charge in [0.1, 0.15) is 17.2 Å². The molecule has 0 heterocycles. The van der Waals surface area contributed by atoms with E-state index in [1.54, 1.807) is 6.92 Å². The van der Waals surface area contributed by atoms with E-state index >= 15 is 0 Å². The van der Waals surface area contributed by atoms with Crippen LogP contribution in [0.15, 0.2) is 0 Å². The van der Waals surface area contributed by atoms with Gasteiger partial charge in [0.15, 0.2) is 0 Å². The molecule has 0 bridgehead atoms. The van der Waals surface area contributed by atoms with Crippen molar-refractivity contribution < 1.29 is 20.1 Å². The molecular weight excluding hydrogens is 426 g/mol. The van der Waals surface area contributed by atoms with Gasteiger partial charge in [-0.05, 0) is 52.1 Å². The van der Waals surface area contributed by atoms with Crippen molar-refractivity contribution in [1.29, 1.82) is 0 Å². The van der Waals surface area contributed by atoms with Crippen molar-refractivity contribution in [1.82, 2.24) is 0 Å². The maximum Gasteiger partial charge on any atom is 0.149 e. The Hall–Kier alpha value is 0.0400. The zero-order valence-corrected chi connectivity index (χ0v) is 12.4. The quantitative estimate of drug-likeness (QED) is 0.625. The molecule has 0 amide bonds. The van der Waals surface area contributed by atoms with Gasteiger partial charge in [-0.15, -0.1) is 0 Å². The molecule has 0 spiro atoms. The van der Waals surface area contributed by atoms with Crippen molar-refractivity contribution >= 4 is 45.2 Å². The number of hydrogen-bond acceptors (Lipinski definition) is 4. The SMILES string of the molecule is COC(C)c1c(O)c(I)c(O)c(I)c1O. The number of aromatic hydroxyl groups is 3. The summed E-state index contributed by atoms with van der Waals surface area (Å²) >= 11 is 3.63. The molecule has 84 valence electrons. The van der Waals surface area contributed by atoms with Crippen LogP contribution in [0.25, 0.3) is 0 Å². The lowest BCUT2D eigenvalue weighted by Gasteiger charge is -2.17. The summed E-state index contributed by atoms with van der Waals surface area (Å²) in [5.41, 5.74) is 0.295. The van der Waals surface area contributed by atoms with Crippen molar-refractivity contribution in [2.75, 3.05) is 7.11 Å². The molecule has 0 saturated carbocycles. The molecule has 1 rings (SSSR count). The molecule has 6 heteroatoms. The highest BCUT2D eigenvalue weighted by Gasteiger charge is 2.24. The Labute approximate surface area is 115 Å². The molecular formula is C9H10I2O4. The lowest BCUT2D eigenvalue weighted by molar-refractivity contribution is 0.114. The Morgan fingerprint density at radius 1 is 1.00 bits per heavy atom. The largest absolute Gasteiger partial charge is 0.506 e. The van der Waals surface area contributed by atoms with Crippen LogP contribution in [0.1, 0.15) is 18.6 Å². The molecule has 0 saturated heterocycles. The molecule has 15 heavy (non-hydrogen) atoms. The standard InChI is InChI=1S/C9H10I2O4/c1-3(15-2)4-7(12)5(10)9(14)6(11)8(4)13/h3,12-14H,1-2H3. The van der Waals surface area contributed by atoms with Gasteiger partial charge in [-0.1, -0.05) is 0 Å². The fourth-order valence-corrected chi connectivity index (χ4v) is 2.81. The first-order chi connectivity index (χ1) is 6.91. The third-order valence-corrected chi connectivity index (χ3v) is 4.15. The molecule has 3 N–H and O–H groups in total. The molecule has 1 aromatic rings. The third kappa shape index (κ3) is 2.26. The van der Waals surface area contributed by atoms with E-state index in [1.807, 2.05) is 45.2 Å². The molecule has 0 aliphatic carbocycles. The zero-order chi connectivity index (χ0) is 11.7. The van der Waals surface area contributed by atoms with Gasteiger partial charge < -0.3 is 20.1 Å². The van der Waals surface area contributed by atoms with Crippen LogP contribution in [0.5, 0.6) is 17.2 Å². The van der Waals surface area contributed by atoms with E-state index in [0.29, 0.717) is 12.7 Å². The number of rotatable bonds is 2. The highest BCUT2D eigenvalue weighted by atomic mass is 127. The summed E-state index contributed by atoms with van der Waals surface area (Å²) in [5, 5.41) is 29.1.